The summed E-state index contributed by atoms with van der Waals surface area (Å²) in [5.74, 6) is -0.746. The fourth-order valence-electron chi connectivity index (χ4n) is 1.98. The number of hydrogen-bond donors (Lipinski definition) is 1. The molecule has 6 nitrogen and oxygen atoms in total. The molecule has 0 unspecified atom stereocenters. The van der Waals surface area contributed by atoms with Crippen LogP contribution in [0.2, 0.25) is 0 Å². The van der Waals surface area contributed by atoms with Crippen LogP contribution in [0.1, 0.15) is 26.3 Å². The monoisotopic (exact) mass is 320 g/mol. The highest BCUT2D eigenvalue weighted by molar-refractivity contribution is 7.86. The fourth-order valence-corrected chi connectivity index (χ4v) is 2.64. The molecule has 2 aromatic rings. The Morgan fingerprint density at radius 1 is 1.18 bits per heavy atom. The molecule has 0 aliphatic rings. The van der Waals surface area contributed by atoms with E-state index in [9.17, 15) is 22.6 Å². The first kappa shape index (κ1) is 15.9. The Morgan fingerprint density at radius 2 is 1.82 bits per heavy atom. The molecule has 7 heteroatoms. The van der Waals surface area contributed by atoms with E-state index in [1.165, 1.54) is 19.2 Å². The molecule has 0 spiro atoms. The highest BCUT2D eigenvalue weighted by Crippen LogP contribution is 2.28. The third-order valence-corrected chi connectivity index (χ3v) is 3.90. The van der Waals surface area contributed by atoms with Crippen LogP contribution in [0.5, 0.6) is 5.75 Å². The highest BCUT2D eigenvalue weighted by Gasteiger charge is 2.23. The van der Waals surface area contributed by atoms with Crippen LogP contribution in [-0.2, 0) is 10.1 Å². The number of benzene rings is 2. The third kappa shape index (κ3) is 3.05. The van der Waals surface area contributed by atoms with Crippen LogP contribution >= 0.6 is 0 Å². The fraction of sp³-hybridized carbons (Fsp3) is 0.0667. The quantitative estimate of drug-likeness (QED) is 0.514. The van der Waals surface area contributed by atoms with Crippen molar-refractivity contribution in [2.45, 2.75) is 4.90 Å². The van der Waals surface area contributed by atoms with E-state index in [-0.39, 0.29) is 22.4 Å². The molecule has 22 heavy (non-hydrogen) atoms. The summed E-state index contributed by atoms with van der Waals surface area (Å²) in [6.45, 7) is 0. The molecule has 0 saturated carbocycles. The summed E-state index contributed by atoms with van der Waals surface area (Å²) in [4.78, 5) is 23.0. The molecule has 1 N–H and O–H groups in total. The predicted octanol–water partition coefficient (Wildman–Crippen LogP) is 1.99. The van der Waals surface area contributed by atoms with Crippen LogP contribution < -0.4 is 4.74 Å². The average molecular weight is 320 g/mol. The second-order valence-corrected chi connectivity index (χ2v) is 5.77. The van der Waals surface area contributed by atoms with Crippen LogP contribution in [-0.4, -0.2) is 32.1 Å². The first-order valence-corrected chi connectivity index (χ1v) is 7.57. The number of rotatable bonds is 5. The summed E-state index contributed by atoms with van der Waals surface area (Å²) in [6.07, 6.45) is 0.423. The molecule has 0 aromatic heterocycles. The Labute approximate surface area is 127 Å². The predicted molar refractivity (Wildman–Crippen MR) is 78.1 cm³/mol. The van der Waals surface area contributed by atoms with E-state index in [0.717, 1.165) is 12.1 Å². The Hall–Kier alpha value is -2.51. The average Bonchev–Trinajstić information content (AvgIpc) is 2.52. The van der Waals surface area contributed by atoms with E-state index in [2.05, 4.69) is 0 Å². The molecule has 2 rings (SSSR count). The van der Waals surface area contributed by atoms with Gasteiger partial charge in [0.25, 0.3) is 10.1 Å². The van der Waals surface area contributed by atoms with Crippen molar-refractivity contribution in [3.05, 3.63) is 59.2 Å². The largest absolute Gasteiger partial charge is 0.495 e. The van der Waals surface area contributed by atoms with Gasteiger partial charge >= 0.3 is 0 Å². The molecule has 0 fully saturated rings. The lowest BCUT2D eigenvalue weighted by molar-refractivity contribution is 0.102. The normalized spacial score (nSPS) is 11.0. The highest BCUT2D eigenvalue weighted by atomic mass is 32.2. The summed E-state index contributed by atoms with van der Waals surface area (Å²) in [6, 6.07) is 10.1. The number of ether oxygens (including phenoxy) is 1. The maximum atomic E-state index is 12.4. The summed E-state index contributed by atoms with van der Waals surface area (Å²) >= 11 is 0. The van der Waals surface area contributed by atoms with Crippen molar-refractivity contribution in [2.75, 3.05) is 7.11 Å². The first-order chi connectivity index (χ1) is 10.4. The SMILES string of the molecule is COc1cc(C=O)c(C(=O)c2ccccc2)cc1S(=O)(=O)O. The van der Waals surface area contributed by atoms with E-state index < -0.39 is 20.8 Å². The standard InChI is InChI=1S/C15H12O6S/c1-21-13-7-11(9-16)12(8-14(13)22(18,19)20)15(17)10-5-3-2-4-6-10/h2-9H,1H3,(H,18,19,20). The van der Waals surface area contributed by atoms with Gasteiger partial charge in [0.05, 0.1) is 7.11 Å². The third-order valence-electron chi connectivity index (χ3n) is 3.02. The minimum absolute atomic E-state index is 0.0295. The van der Waals surface area contributed by atoms with Crippen LogP contribution in [0.3, 0.4) is 0 Å². The van der Waals surface area contributed by atoms with Crippen molar-refractivity contribution in [3.8, 4) is 5.75 Å². The minimum atomic E-state index is -4.60. The Kier molecular flexibility index (Phi) is 4.39. The molecule has 0 saturated heterocycles. The number of methoxy groups -OCH3 is 1. The Bertz CT molecular complexity index is 825. The van der Waals surface area contributed by atoms with Gasteiger partial charge in [-0.3, -0.25) is 14.1 Å². The molecule has 0 aliphatic heterocycles. The zero-order chi connectivity index (χ0) is 16.3. The van der Waals surface area contributed by atoms with E-state index >= 15 is 0 Å². The summed E-state index contributed by atoms with van der Waals surface area (Å²) in [5, 5.41) is 0. The molecule has 114 valence electrons. The maximum absolute atomic E-state index is 12.4. The zero-order valence-corrected chi connectivity index (χ0v) is 12.3. The topological polar surface area (TPSA) is 97.7 Å². The van der Waals surface area contributed by atoms with Gasteiger partial charge in [-0.15, -0.1) is 0 Å². The van der Waals surface area contributed by atoms with Crippen LogP contribution in [0.25, 0.3) is 0 Å². The van der Waals surface area contributed by atoms with Crippen molar-refractivity contribution < 1.29 is 27.3 Å². The summed E-state index contributed by atoms with van der Waals surface area (Å²) < 4.78 is 36.9. The minimum Gasteiger partial charge on any atom is -0.495 e. The zero-order valence-electron chi connectivity index (χ0n) is 11.5. The van der Waals surface area contributed by atoms with Crippen molar-refractivity contribution in [1.29, 1.82) is 0 Å². The van der Waals surface area contributed by atoms with Gasteiger partial charge in [0, 0.05) is 16.7 Å². The van der Waals surface area contributed by atoms with Crippen LogP contribution in [0.15, 0.2) is 47.4 Å². The number of hydrogen-bond acceptors (Lipinski definition) is 5. The van der Waals surface area contributed by atoms with Gasteiger partial charge in [0.1, 0.15) is 10.6 Å². The number of carbonyl (C=O) groups is 2. The Morgan fingerprint density at radius 3 is 2.32 bits per heavy atom. The molecular weight excluding hydrogens is 308 g/mol. The molecule has 0 aliphatic carbocycles. The first-order valence-electron chi connectivity index (χ1n) is 6.13. The lowest BCUT2D eigenvalue weighted by Gasteiger charge is -2.11. The second kappa shape index (κ2) is 6.08. The van der Waals surface area contributed by atoms with E-state index in [0.29, 0.717) is 6.29 Å². The molecule has 0 atom stereocenters. The van der Waals surface area contributed by atoms with Gasteiger partial charge in [-0.25, -0.2) is 0 Å². The van der Waals surface area contributed by atoms with Crippen molar-refractivity contribution in [1.82, 2.24) is 0 Å². The second-order valence-electron chi connectivity index (χ2n) is 4.38. The summed E-state index contributed by atoms with van der Waals surface area (Å²) in [7, 11) is -3.41. The molecule has 0 amide bonds. The molecule has 2 aromatic carbocycles. The van der Waals surface area contributed by atoms with Crippen molar-refractivity contribution in [2.24, 2.45) is 0 Å². The van der Waals surface area contributed by atoms with Gasteiger partial charge in [-0.1, -0.05) is 30.3 Å². The van der Waals surface area contributed by atoms with E-state index in [4.69, 9.17) is 4.74 Å². The molecule has 0 heterocycles. The Balaban J connectivity index is 2.70. The number of carbonyl (C=O) groups excluding carboxylic acids is 2. The van der Waals surface area contributed by atoms with Crippen LogP contribution in [0.4, 0.5) is 0 Å². The van der Waals surface area contributed by atoms with Gasteiger partial charge in [-0.05, 0) is 12.1 Å². The number of aldehydes is 1. The van der Waals surface area contributed by atoms with E-state index in [1.54, 1.807) is 18.2 Å². The summed E-state index contributed by atoms with van der Waals surface area (Å²) in [5.41, 5.74) is 0.129. The smallest absolute Gasteiger partial charge is 0.298 e. The van der Waals surface area contributed by atoms with Crippen molar-refractivity contribution >= 4 is 22.2 Å². The number of ketones is 1. The molecule has 0 bridgehead atoms. The van der Waals surface area contributed by atoms with Gasteiger partial charge in [0.15, 0.2) is 12.1 Å². The van der Waals surface area contributed by atoms with E-state index in [1.807, 2.05) is 0 Å². The molecule has 0 radical (unpaired) electrons. The van der Waals surface area contributed by atoms with Crippen LogP contribution in [0, 0.1) is 0 Å². The lowest BCUT2D eigenvalue weighted by atomic mass is 9.98. The van der Waals surface area contributed by atoms with Crippen molar-refractivity contribution in [3.63, 3.8) is 0 Å². The van der Waals surface area contributed by atoms with Gasteiger partial charge in [-0.2, -0.15) is 8.42 Å². The maximum Gasteiger partial charge on any atom is 0.298 e. The molecular formula is C15H12O6S. The van der Waals surface area contributed by atoms with Gasteiger partial charge < -0.3 is 4.74 Å². The van der Waals surface area contributed by atoms with Gasteiger partial charge in [0.2, 0.25) is 0 Å². The lowest BCUT2D eigenvalue weighted by Crippen LogP contribution is -2.10.